The Morgan fingerprint density at radius 2 is 1.81 bits per heavy atom. The minimum Gasteiger partial charge on any atom is -0.326 e. The Hall–Kier alpha value is -1.30. The van der Waals surface area contributed by atoms with Crippen molar-refractivity contribution in [1.82, 2.24) is 0 Å². The largest absolute Gasteiger partial charge is 0.326 e. The van der Waals surface area contributed by atoms with Crippen LogP contribution in [0.2, 0.25) is 0 Å². The Kier molecular flexibility index (Phi) is 4.12. The molecule has 0 bridgehead atoms. The third-order valence-electron chi connectivity index (χ3n) is 1.76. The highest BCUT2D eigenvalue weighted by Crippen LogP contribution is 2.20. The van der Waals surface area contributed by atoms with Crippen LogP contribution in [0, 0.1) is 11.6 Å². The Balaban J connectivity index is 3.17. The second kappa shape index (κ2) is 5.16. The molecule has 1 rings (SSSR count). The van der Waals surface area contributed by atoms with E-state index in [9.17, 15) is 18.4 Å². The van der Waals surface area contributed by atoms with Crippen molar-refractivity contribution in [2.75, 3.05) is 10.6 Å². The van der Waals surface area contributed by atoms with Gasteiger partial charge in [0, 0.05) is 12.6 Å². The summed E-state index contributed by atoms with van der Waals surface area (Å²) in [5.41, 5.74) is -0.625. The third kappa shape index (κ3) is 2.85. The monoisotopic (exact) mass is 291 g/mol. The normalized spacial score (nSPS) is 10.0. The minimum atomic E-state index is -0.992. The zero-order valence-corrected chi connectivity index (χ0v) is 9.90. The number of ketones is 1. The highest BCUT2D eigenvalue weighted by atomic mass is 79.9. The molecule has 1 amide bonds. The molecule has 0 fully saturated rings. The van der Waals surface area contributed by atoms with Gasteiger partial charge in [-0.1, -0.05) is 15.9 Å². The topological polar surface area (TPSA) is 46.2 Å². The van der Waals surface area contributed by atoms with Gasteiger partial charge < -0.3 is 5.32 Å². The number of hydrogen-bond donors (Lipinski definition) is 1. The van der Waals surface area contributed by atoms with E-state index in [0.29, 0.717) is 0 Å². The van der Waals surface area contributed by atoms with Gasteiger partial charge in [-0.15, -0.1) is 0 Å². The van der Waals surface area contributed by atoms with Crippen molar-refractivity contribution in [3.05, 3.63) is 29.3 Å². The van der Waals surface area contributed by atoms with E-state index in [4.69, 9.17) is 0 Å². The number of carbonyl (C=O) groups excluding carboxylic acids is 2. The molecular weight excluding hydrogens is 284 g/mol. The Morgan fingerprint density at radius 3 is 2.19 bits per heavy atom. The summed E-state index contributed by atoms with van der Waals surface area (Å²) >= 11 is 2.83. The molecule has 16 heavy (non-hydrogen) atoms. The molecule has 0 heterocycles. The smallest absolute Gasteiger partial charge is 0.221 e. The molecule has 0 unspecified atom stereocenters. The van der Waals surface area contributed by atoms with Gasteiger partial charge in [0.2, 0.25) is 5.91 Å². The molecule has 0 atom stereocenters. The average Bonchev–Trinajstić information content (AvgIpc) is 2.15. The summed E-state index contributed by atoms with van der Waals surface area (Å²) in [5, 5.41) is 2.06. The molecule has 3 nitrogen and oxygen atoms in total. The van der Waals surface area contributed by atoms with Crippen LogP contribution in [0.15, 0.2) is 12.1 Å². The predicted molar refractivity (Wildman–Crippen MR) is 58.8 cm³/mol. The summed E-state index contributed by atoms with van der Waals surface area (Å²) in [4.78, 5) is 21.9. The first kappa shape index (κ1) is 12.8. The fraction of sp³-hybridized carbons (Fsp3) is 0.200. The van der Waals surface area contributed by atoms with E-state index in [-0.39, 0.29) is 11.0 Å². The van der Waals surface area contributed by atoms with Crippen LogP contribution in [0.5, 0.6) is 0 Å². The lowest BCUT2D eigenvalue weighted by Crippen LogP contribution is -2.11. The van der Waals surface area contributed by atoms with Gasteiger partial charge in [-0.05, 0) is 12.1 Å². The van der Waals surface area contributed by atoms with E-state index >= 15 is 0 Å². The maximum absolute atomic E-state index is 13.4. The summed E-state index contributed by atoms with van der Waals surface area (Å²) in [6, 6.07) is 1.81. The van der Waals surface area contributed by atoms with Gasteiger partial charge in [-0.3, -0.25) is 9.59 Å². The van der Waals surface area contributed by atoms with E-state index in [1.807, 2.05) is 0 Å². The lowest BCUT2D eigenvalue weighted by atomic mass is 10.1. The van der Waals surface area contributed by atoms with Gasteiger partial charge in [-0.25, -0.2) is 8.78 Å². The second-order valence-corrected chi connectivity index (χ2v) is 3.61. The highest BCUT2D eigenvalue weighted by molar-refractivity contribution is 9.09. The lowest BCUT2D eigenvalue weighted by molar-refractivity contribution is -0.114. The van der Waals surface area contributed by atoms with Crippen LogP contribution >= 0.6 is 15.9 Å². The van der Waals surface area contributed by atoms with Crippen LogP contribution < -0.4 is 5.32 Å². The number of anilines is 1. The van der Waals surface area contributed by atoms with Gasteiger partial charge in [-0.2, -0.15) is 0 Å². The molecule has 6 heteroatoms. The van der Waals surface area contributed by atoms with Gasteiger partial charge in [0.05, 0.1) is 10.9 Å². The zero-order chi connectivity index (χ0) is 12.3. The minimum absolute atomic E-state index is 0.0198. The van der Waals surface area contributed by atoms with Gasteiger partial charge in [0.25, 0.3) is 0 Å². The molecule has 86 valence electrons. The van der Waals surface area contributed by atoms with Crippen LogP contribution in [0.4, 0.5) is 14.5 Å². The second-order valence-electron chi connectivity index (χ2n) is 3.05. The SMILES string of the molecule is CC(=O)Nc1cc(F)c(C(=O)CBr)c(F)c1. The van der Waals surface area contributed by atoms with Crippen molar-refractivity contribution in [2.24, 2.45) is 0 Å². The summed E-state index contributed by atoms with van der Waals surface area (Å²) in [6.07, 6.45) is 0. The quantitative estimate of drug-likeness (QED) is 0.687. The standard InChI is InChI=1S/C10H8BrF2NO2/c1-5(15)14-6-2-7(12)10(8(13)3-6)9(16)4-11/h2-3H,4H2,1H3,(H,14,15). The number of benzene rings is 1. The number of rotatable bonds is 3. The van der Waals surface area contributed by atoms with Crippen molar-refractivity contribution < 1.29 is 18.4 Å². The third-order valence-corrected chi connectivity index (χ3v) is 2.27. The molecule has 0 aromatic heterocycles. The maximum Gasteiger partial charge on any atom is 0.221 e. The summed E-state index contributed by atoms with van der Waals surface area (Å²) in [6.45, 7) is 1.22. The van der Waals surface area contributed by atoms with Crippen LogP contribution in [-0.2, 0) is 4.79 Å². The Bertz CT molecular complexity index is 425. The van der Waals surface area contributed by atoms with Crippen LogP contribution in [0.3, 0.4) is 0 Å². The van der Waals surface area contributed by atoms with Crippen LogP contribution in [0.25, 0.3) is 0 Å². The predicted octanol–water partition coefficient (Wildman–Crippen LogP) is 2.50. The highest BCUT2D eigenvalue weighted by Gasteiger charge is 2.17. The molecule has 0 aliphatic rings. The molecule has 0 aliphatic carbocycles. The first-order valence-corrected chi connectivity index (χ1v) is 5.43. The molecule has 1 aromatic carbocycles. The van der Waals surface area contributed by atoms with Crippen molar-refractivity contribution in [3.63, 3.8) is 0 Å². The van der Waals surface area contributed by atoms with Crippen molar-refractivity contribution >= 4 is 33.3 Å². The maximum atomic E-state index is 13.4. The molecule has 1 aromatic rings. The number of Topliss-reactive ketones (excluding diaryl/α,β-unsaturated/α-hetero) is 1. The van der Waals surface area contributed by atoms with E-state index in [1.54, 1.807) is 0 Å². The number of halogens is 3. The number of nitrogens with one attached hydrogen (secondary N) is 1. The fourth-order valence-electron chi connectivity index (χ4n) is 1.18. The van der Waals surface area contributed by atoms with Crippen molar-refractivity contribution in [1.29, 1.82) is 0 Å². The lowest BCUT2D eigenvalue weighted by Gasteiger charge is -2.06. The molecule has 1 N–H and O–H groups in total. The summed E-state index contributed by atoms with van der Waals surface area (Å²) in [5.74, 6) is -3.12. The number of hydrogen-bond acceptors (Lipinski definition) is 2. The van der Waals surface area contributed by atoms with E-state index in [0.717, 1.165) is 12.1 Å². The summed E-state index contributed by atoms with van der Waals surface area (Å²) < 4.78 is 26.7. The number of carbonyl (C=O) groups is 2. The van der Waals surface area contributed by atoms with Crippen molar-refractivity contribution in [2.45, 2.75) is 6.92 Å². The Morgan fingerprint density at radius 1 is 1.31 bits per heavy atom. The van der Waals surface area contributed by atoms with Gasteiger partial charge in [0.15, 0.2) is 5.78 Å². The average molecular weight is 292 g/mol. The molecule has 0 aliphatic heterocycles. The molecular formula is C10H8BrF2NO2. The van der Waals surface area contributed by atoms with Crippen molar-refractivity contribution in [3.8, 4) is 0 Å². The molecule has 0 radical (unpaired) electrons. The fourth-order valence-corrected chi connectivity index (χ4v) is 1.46. The van der Waals surface area contributed by atoms with E-state index in [2.05, 4.69) is 21.2 Å². The summed E-state index contributed by atoms with van der Waals surface area (Å²) in [7, 11) is 0. The van der Waals surface area contributed by atoms with Gasteiger partial charge in [0.1, 0.15) is 11.6 Å². The van der Waals surface area contributed by atoms with Crippen LogP contribution in [0.1, 0.15) is 17.3 Å². The molecule has 0 saturated carbocycles. The van der Waals surface area contributed by atoms with Gasteiger partial charge >= 0.3 is 0 Å². The van der Waals surface area contributed by atoms with E-state index in [1.165, 1.54) is 6.92 Å². The first-order valence-electron chi connectivity index (χ1n) is 4.31. The first-order chi connectivity index (χ1) is 7.45. The number of amides is 1. The van der Waals surface area contributed by atoms with Crippen LogP contribution in [-0.4, -0.2) is 17.0 Å². The Labute approximate surface area is 99.0 Å². The number of alkyl halides is 1. The van der Waals surface area contributed by atoms with E-state index < -0.39 is 28.9 Å². The molecule has 0 spiro atoms. The zero-order valence-electron chi connectivity index (χ0n) is 8.31. The molecule has 0 saturated heterocycles.